The summed E-state index contributed by atoms with van der Waals surface area (Å²) in [5, 5.41) is 0. The van der Waals surface area contributed by atoms with E-state index < -0.39 is 6.67 Å². The first kappa shape index (κ1) is 7.95. The van der Waals surface area contributed by atoms with Crippen molar-refractivity contribution in [3.8, 4) is 0 Å². The van der Waals surface area contributed by atoms with Crippen LogP contribution in [-0.4, -0.2) is 31.6 Å². The van der Waals surface area contributed by atoms with Gasteiger partial charge in [0.15, 0.2) is 0 Å². The Morgan fingerprint density at radius 2 is 2.10 bits per heavy atom. The first-order valence-corrected chi connectivity index (χ1v) is 3.57. The van der Waals surface area contributed by atoms with Crippen molar-refractivity contribution in [3.63, 3.8) is 0 Å². The highest BCUT2D eigenvalue weighted by Crippen LogP contribution is 2.13. The van der Waals surface area contributed by atoms with E-state index in [2.05, 4.69) is 0 Å². The second kappa shape index (κ2) is 3.30. The number of hydrogen-bond donors (Lipinski definition) is 0. The van der Waals surface area contributed by atoms with Crippen LogP contribution in [0.15, 0.2) is 0 Å². The number of alkyl halides is 1. The lowest BCUT2D eigenvalue weighted by molar-refractivity contribution is -0.171. The van der Waals surface area contributed by atoms with Gasteiger partial charge in [0.1, 0.15) is 12.8 Å². The summed E-state index contributed by atoms with van der Waals surface area (Å²) in [6.45, 7) is 3.77. The highest BCUT2D eigenvalue weighted by molar-refractivity contribution is 4.70. The predicted molar refractivity (Wildman–Crippen MR) is 35.7 cm³/mol. The lowest BCUT2D eigenvalue weighted by Gasteiger charge is -2.31. The van der Waals surface area contributed by atoms with Crippen LogP contribution in [0.4, 0.5) is 4.39 Å². The number of halogens is 1. The predicted octanol–water partition coefficient (Wildman–Crippen LogP) is 1.15. The molecule has 0 saturated carbocycles. The molecule has 1 heterocycles. The second-order valence-electron chi connectivity index (χ2n) is 2.66. The van der Waals surface area contributed by atoms with Crippen LogP contribution in [-0.2, 0) is 9.47 Å². The standard InChI is InChI=1S/C7H13FO2/c1-5-6(2)10-7(3-8)4-9-5/h5-7H,3-4H2,1-2H3. The van der Waals surface area contributed by atoms with Crippen LogP contribution < -0.4 is 0 Å². The van der Waals surface area contributed by atoms with Gasteiger partial charge in [-0.15, -0.1) is 0 Å². The minimum Gasteiger partial charge on any atom is -0.373 e. The lowest BCUT2D eigenvalue weighted by atomic mass is 10.2. The Hall–Kier alpha value is -0.150. The van der Waals surface area contributed by atoms with Crippen LogP contribution in [0.2, 0.25) is 0 Å². The van der Waals surface area contributed by atoms with E-state index in [4.69, 9.17) is 9.47 Å². The number of hydrogen-bond acceptors (Lipinski definition) is 2. The van der Waals surface area contributed by atoms with Gasteiger partial charge in [-0.3, -0.25) is 0 Å². The van der Waals surface area contributed by atoms with Crippen molar-refractivity contribution >= 4 is 0 Å². The van der Waals surface area contributed by atoms with E-state index in [9.17, 15) is 4.39 Å². The molecule has 0 aromatic carbocycles. The summed E-state index contributed by atoms with van der Waals surface area (Å²) in [5.41, 5.74) is 0. The van der Waals surface area contributed by atoms with Crippen LogP contribution in [0, 0.1) is 0 Å². The normalized spacial score (nSPS) is 41.7. The van der Waals surface area contributed by atoms with Crippen LogP contribution >= 0.6 is 0 Å². The van der Waals surface area contributed by atoms with Gasteiger partial charge in [0, 0.05) is 0 Å². The molecular formula is C7H13FO2. The Kier molecular flexibility index (Phi) is 2.63. The fourth-order valence-corrected chi connectivity index (χ4v) is 0.929. The van der Waals surface area contributed by atoms with E-state index in [-0.39, 0.29) is 18.3 Å². The molecule has 0 aliphatic carbocycles. The highest BCUT2D eigenvalue weighted by Gasteiger charge is 2.25. The smallest absolute Gasteiger partial charge is 0.118 e. The van der Waals surface area contributed by atoms with Crippen molar-refractivity contribution in [1.82, 2.24) is 0 Å². The van der Waals surface area contributed by atoms with E-state index in [1.807, 2.05) is 13.8 Å². The van der Waals surface area contributed by atoms with Gasteiger partial charge in [0.05, 0.1) is 18.8 Å². The molecule has 0 bridgehead atoms. The number of rotatable bonds is 1. The molecule has 0 aromatic rings. The Morgan fingerprint density at radius 1 is 1.40 bits per heavy atom. The molecule has 0 spiro atoms. The van der Waals surface area contributed by atoms with Gasteiger partial charge < -0.3 is 9.47 Å². The average Bonchev–Trinajstić information content (AvgIpc) is 1.95. The van der Waals surface area contributed by atoms with Crippen molar-refractivity contribution in [3.05, 3.63) is 0 Å². The second-order valence-corrected chi connectivity index (χ2v) is 2.66. The summed E-state index contributed by atoms with van der Waals surface area (Å²) in [6, 6.07) is 0. The van der Waals surface area contributed by atoms with Gasteiger partial charge in [-0.2, -0.15) is 0 Å². The largest absolute Gasteiger partial charge is 0.373 e. The molecular weight excluding hydrogens is 135 g/mol. The summed E-state index contributed by atoms with van der Waals surface area (Å²) >= 11 is 0. The highest BCUT2D eigenvalue weighted by atomic mass is 19.1. The van der Waals surface area contributed by atoms with Crippen molar-refractivity contribution < 1.29 is 13.9 Å². The molecule has 3 heteroatoms. The van der Waals surface area contributed by atoms with E-state index in [0.29, 0.717) is 6.61 Å². The molecule has 3 unspecified atom stereocenters. The quantitative estimate of drug-likeness (QED) is 0.555. The maximum absolute atomic E-state index is 12.0. The lowest BCUT2D eigenvalue weighted by Crippen LogP contribution is -2.41. The summed E-state index contributed by atoms with van der Waals surface area (Å²) < 4.78 is 22.5. The van der Waals surface area contributed by atoms with Crippen LogP contribution in [0.3, 0.4) is 0 Å². The fourth-order valence-electron chi connectivity index (χ4n) is 0.929. The fraction of sp³-hybridized carbons (Fsp3) is 1.00. The first-order chi connectivity index (χ1) is 4.74. The van der Waals surface area contributed by atoms with Gasteiger partial charge in [-0.1, -0.05) is 0 Å². The summed E-state index contributed by atoms with van der Waals surface area (Å²) in [5.74, 6) is 0. The molecule has 1 aliphatic heterocycles. The van der Waals surface area contributed by atoms with E-state index >= 15 is 0 Å². The van der Waals surface area contributed by atoms with Crippen LogP contribution in [0.5, 0.6) is 0 Å². The zero-order valence-corrected chi connectivity index (χ0v) is 6.34. The van der Waals surface area contributed by atoms with Gasteiger partial charge in [-0.25, -0.2) is 4.39 Å². The monoisotopic (exact) mass is 148 g/mol. The molecule has 2 nitrogen and oxygen atoms in total. The third-order valence-corrected chi connectivity index (χ3v) is 1.79. The Morgan fingerprint density at radius 3 is 2.60 bits per heavy atom. The van der Waals surface area contributed by atoms with Crippen LogP contribution in [0.25, 0.3) is 0 Å². The number of ether oxygens (including phenoxy) is 2. The van der Waals surface area contributed by atoms with E-state index in [1.54, 1.807) is 0 Å². The Bertz CT molecular complexity index is 108. The molecule has 3 atom stereocenters. The molecule has 0 N–H and O–H groups in total. The van der Waals surface area contributed by atoms with Gasteiger partial charge in [0.2, 0.25) is 0 Å². The van der Waals surface area contributed by atoms with Crippen molar-refractivity contribution in [2.24, 2.45) is 0 Å². The van der Waals surface area contributed by atoms with Crippen molar-refractivity contribution in [1.29, 1.82) is 0 Å². The summed E-state index contributed by atoms with van der Waals surface area (Å²) in [4.78, 5) is 0. The van der Waals surface area contributed by atoms with Gasteiger partial charge in [-0.05, 0) is 13.8 Å². The zero-order valence-electron chi connectivity index (χ0n) is 6.34. The molecule has 1 saturated heterocycles. The molecule has 0 aromatic heterocycles. The van der Waals surface area contributed by atoms with Crippen LogP contribution in [0.1, 0.15) is 13.8 Å². The molecule has 1 rings (SSSR count). The zero-order chi connectivity index (χ0) is 7.56. The van der Waals surface area contributed by atoms with Gasteiger partial charge in [0.25, 0.3) is 0 Å². The minimum absolute atomic E-state index is 0.0227. The molecule has 60 valence electrons. The average molecular weight is 148 g/mol. The van der Waals surface area contributed by atoms with E-state index in [0.717, 1.165) is 0 Å². The third-order valence-electron chi connectivity index (χ3n) is 1.79. The molecule has 1 aliphatic rings. The molecule has 1 fully saturated rings. The molecule has 10 heavy (non-hydrogen) atoms. The Balaban J connectivity index is 2.33. The van der Waals surface area contributed by atoms with E-state index in [1.165, 1.54) is 0 Å². The maximum atomic E-state index is 12.0. The SMILES string of the molecule is CC1OCC(CF)OC1C. The summed E-state index contributed by atoms with van der Waals surface area (Å²) in [6.07, 6.45) is -0.219. The molecule has 0 radical (unpaired) electrons. The van der Waals surface area contributed by atoms with Gasteiger partial charge >= 0.3 is 0 Å². The Labute approximate surface area is 60.3 Å². The maximum Gasteiger partial charge on any atom is 0.118 e. The van der Waals surface area contributed by atoms with Crippen molar-refractivity contribution in [2.45, 2.75) is 32.2 Å². The first-order valence-electron chi connectivity index (χ1n) is 3.57. The summed E-state index contributed by atoms with van der Waals surface area (Å²) in [7, 11) is 0. The topological polar surface area (TPSA) is 18.5 Å². The van der Waals surface area contributed by atoms with Crippen molar-refractivity contribution in [2.75, 3.05) is 13.3 Å². The molecule has 0 amide bonds. The third kappa shape index (κ3) is 1.67. The minimum atomic E-state index is -0.447.